The fraction of sp³-hybridized carbons (Fsp3) is 0.643. The maximum absolute atomic E-state index is 12.0. The van der Waals surface area contributed by atoms with Gasteiger partial charge in [0, 0.05) is 11.3 Å². The van der Waals surface area contributed by atoms with Crippen molar-refractivity contribution in [3.8, 4) is 0 Å². The van der Waals surface area contributed by atoms with Gasteiger partial charge >= 0.3 is 12.0 Å². The normalized spacial score (nSPS) is 15.6. The smallest absolute Gasteiger partial charge is 0.321 e. The van der Waals surface area contributed by atoms with E-state index in [1.54, 1.807) is 27.7 Å². The highest BCUT2D eigenvalue weighted by atomic mass is 32.1. The molecule has 1 aliphatic carbocycles. The Hall–Kier alpha value is -1.63. The molecule has 7 heteroatoms. The second-order valence-corrected chi connectivity index (χ2v) is 7.34. The summed E-state index contributed by atoms with van der Waals surface area (Å²) in [6, 6.07) is -0.439. The van der Waals surface area contributed by atoms with Gasteiger partial charge in [-0.3, -0.25) is 10.1 Å². The second kappa shape index (κ2) is 5.29. The molecule has 2 amide bonds. The highest BCUT2D eigenvalue weighted by Crippen LogP contribution is 2.40. The lowest BCUT2D eigenvalue weighted by Crippen LogP contribution is -2.57. The molecule has 6 nitrogen and oxygen atoms in total. The van der Waals surface area contributed by atoms with Crippen LogP contribution in [0.15, 0.2) is 5.38 Å². The first-order valence-electron chi connectivity index (χ1n) is 6.91. The van der Waals surface area contributed by atoms with Gasteiger partial charge in [0.1, 0.15) is 0 Å². The van der Waals surface area contributed by atoms with E-state index in [2.05, 4.69) is 15.6 Å². The van der Waals surface area contributed by atoms with Crippen molar-refractivity contribution in [1.29, 1.82) is 0 Å². The van der Waals surface area contributed by atoms with Gasteiger partial charge in [-0.15, -0.1) is 11.3 Å². The number of urea groups is 1. The first kappa shape index (κ1) is 15.8. The van der Waals surface area contributed by atoms with Crippen LogP contribution in [0.25, 0.3) is 0 Å². The van der Waals surface area contributed by atoms with Crippen molar-refractivity contribution in [3.63, 3.8) is 0 Å². The minimum Gasteiger partial charge on any atom is -0.481 e. The number of hydrogen-bond donors (Lipinski definition) is 3. The zero-order chi connectivity index (χ0) is 15.8. The predicted octanol–water partition coefficient (Wildman–Crippen LogP) is 3.03. The van der Waals surface area contributed by atoms with E-state index in [-0.39, 0.29) is 0 Å². The summed E-state index contributed by atoms with van der Waals surface area (Å²) >= 11 is 1.39. The van der Waals surface area contributed by atoms with Gasteiger partial charge in [-0.1, -0.05) is 0 Å². The average molecular weight is 311 g/mol. The zero-order valence-corrected chi connectivity index (χ0v) is 13.5. The van der Waals surface area contributed by atoms with Crippen LogP contribution in [0.3, 0.4) is 0 Å². The number of carboxylic acid groups (broad SMARTS) is 1. The molecule has 1 aliphatic rings. The summed E-state index contributed by atoms with van der Waals surface area (Å²) in [5.41, 5.74) is -0.966. The molecule has 0 aliphatic heterocycles. The van der Waals surface area contributed by atoms with Crippen molar-refractivity contribution in [3.05, 3.63) is 11.1 Å². The van der Waals surface area contributed by atoms with Gasteiger partial charge in [0.25, 0.3) is 0 Å². The number of carbonyl (C=O) groups is 2. The van der Waals surface area contributed by atoms with E-state index in [1.807, 2.05) is 5.38 Å². The molecule has 21 heavy (non-hydrogen) atoms. The standard InChI is InChI=1S/C14H21N3O3S/c1-13(2,10(18)19)14(3,4)17-11(20)16-12-15-9(7-21-12)8-5-6-8/h7-8H,5-6H2,1-4H3,(H,18,19)(H2,15,16,17,20). The number of hydrogen-bond acceptors (Lipinski definition) is 4. The van der Waals surface area contributed by atoms with E-state index in [1.165, 1.54) is 11.3 Å². The van der Waals surface area contributed by atoms with Crippen molar-refractivity contribution in [2.75, 3.05) is 5.32 Å². The monoisotopic (exact) mass is 311 g/mol. The largest absolute Gasteiger partial charge is 0.481 e. The van der Waals surface area contributed by atoms with Gasteiger partial charge in [-0.25, -0.2) is 9.78 Å². The van der Waals surface area contributed by atoms with Crippen molar-refractivity contribution < 1.29 is 14.7 Å². The zero-order valence-electron chi connectivity index (χ0n) is 12.7. The maximum atomic E-state index is 12.0. The SMILES string of the molecule is CC(C)(NC(=O)Nc1nc(C2CC2)cs1)C(C)(C)C(=O)O. The molecule has 0 spiro atoms. The molecular formula is C14H21N3O3S. The Balaban J connectivity index is 1.98. The molecule has 0 bridgehead atoms. The Kier molecular flexibility index (Phi) is 3.97. The first-order chi connectivity index (χ1) is 9.63. The van der Waals surface area contributed by atoms with E-state index in [0.29, 0.717) is 11.0 Å². The van der Waals surface area contributed by atoms with Crippen molar-refractivity contribution in [2.45, 2.75) is 52.0 Å². The lowest BCUT2D eigenvalue weighted by molar-refractivity contribution is -0.150. The molecule has 1 fully saturated rings. The number of carboxylic acids is 1. The molecule has 1 heterocycles. The molecule has 0 unspecified atom stereocenters. The van der Waals surface area contributed by atoms with Crippen LogP contribution in [0, 0.1) is 5.41 Å². The molecule has 3 N–H and O–H groups in total. The third-order valence-corrected chi connectivity index (χ3v) is 5.04. The minimum absolute atomic E-state index is 0.439. The summed E-state index contributed by atoms with van der Waals surface area (Å²) in [4.78, 5) is 27.7. The third-order valence-electron chi connectivity index (χ3n) is 4.26. The van der Waals surface area contributed by atoms with Crippen LogP contribution in [0.2, 0.25) is 0 Å². The molecule has 0 saturated heterocycles. The van der Waals surface area contributed by atoms with Crippen LogP contribution in [-0.4, -0.2) is 27.6 Å². The molecule has 2 rings (SSSR count). The Morgan fingerprint density at radius 3 is 2.48 bits per heavy atom. The van der Waals surface area contributed by atoms with E-state index in [9.17, 15) is 14.7 Å². The number of carbonyl (C=O) groups excluding carboxylic acids is 1. The third kappa shape index (κ3) is 3.34. The number of aliphatic carboxylic acids is 1. The lowest BCUT2D eigenvalue weighted by Gasteiger charge is -2.38. The molecule has 1 aromatic heterocycles. The van der Waals surface area contributed by atoms with Gasteiger partial charge < -0.3 is 10.4 Å². The number of amides is 2. The number of nitrogens with one attached hydrogen (secondary N) is 2. The van der Waals surface area contributed by atoms with Crippen molar-refractivity contribution in [2.24, 2.45) is 5.41 Å². The second-order valence-electron chi connectivity index (χ2n) is 6.49. The van der Waals surface area contributed by atoms with Crippen LogP contribution in [0.4, 0.5) is 9.93 Å². The molecule has 1 aromatic rings. The van der Waals surface area contributed by atoms with E-state index in [4.69, 9.17) is 0 Å². The highest BCUT2D eigenvalue weighted by Gasteiger charge is 2.44. The number of aromatic nitrogens is 1. The fourth-order valence-electron chi connectivity index (χ4n) is 1.75. The summed E-state index contributed by atoms with van der Waals surface area (Å²) in [7, 11) is 0. The fourth-order valence-corrected chi connectivity index (χ4v) is 2.53. The molecule has 0 radical (unpaired) electrons. The summed E-state index contributed by atoms with van der Waals surface area (Å²) in [5.74, 6) is -0.416. The van der Waals surface area contributed by atoms with Crippen LogP contribution in [0.1, 0.15) is 52.1 Å². The summed E-state index contributed by atoms with van der Waals surface area (Å²) in [6.45, 7) is 6.56. The van der Waals surface area contributed by atoms with Gasteiger partial charge in [-0.2, -0.15) is 0 Å². The first-order valence-corrected chi connectivity index (χ1v) is 7.79. The maximum Gasteiger partial charge on any atom is 0.321 e. The van der Waals surface area contributed by atoms with Gasteiger partial charge in [0.05, 0.1) is 16.6 Å². The number of nitrogens with zero attached hydrogens (tertiary/aromatic N) is 1. The van der Waals surface area contributed by atoms with Crippen LogP contribution in [0.5, 0.6) is 0 Å². The molecule has 0 atom stereocenters. The van der Waals surface area contributed by atoms with Gasteiger partial charge in [0.15, 0.2) is 5.13 Å². The van der Waals surface area contributed by atoms with E-state index < -0.39 is 23.0 Å². The predicted molar refractivity (Wildman–Crippen MR) is 81.7 cm³/mol. The number of rotatable bonds is 5. The van der Waals surface area contributed by atoms with Gasteiger partial charge in [-0.05, 0) is 40.5 Å². The van der Waals surface area contributed by atoms with Crippen LogP contribution < -0.4 is 10.6 Å². The summed E-state index contributed by atoms with van der Waals surface area (Å²) in [6.07, 6.45) is 2.32. The topological polar surface area (TPSA) is 91.3 Å². The number of anilines is 1. The molecule has 1 saturated carbocycles. The Labute approximate surface area is 128 Å². The molecule has 116 valence electrons. The van der Waals surface area contributed by atoms with E-state index >= 15 is 0 Å². The minimum atomic E-state index is -1.09. The Morgan fingerprint density at radius 1 is 1.33 bits per heavy atom. The van der Waals surface area contributed by atoms with Crippen molar-refractivity contribution in [1.82, 2.24) is 10.3 Å². The van der Waals surface area contributed by atoms with Crippen LogP contribution in [-0.2, 0) is 4.79 Å². The Morgan fingerprint density at radius 2 is 1.95 bits per heavy atom. The lowest BCUT2D eigenvalue weighted by atomic mass is 9.74. The van der Waals surface area contributed by atoms with Gasteiger partial charge in [0.2, 0.25) is 0 Å². The van der Waals surface area contributed by atoms with E-state index in [0.717, 1.165) is 18.5 Å². The molecular weight excluding hydrogens is 290 g/mol. The molecule has 0 aromatic carbocycles. The average Bonchev–Trinajstić information content (AvgIpc) is 3.09. The summed E-state index contributed by atoms with van der Waals surface area (Å²) < 4.78 is 0. The highest BCUT2D eigenvalue weighted by molar-refractivity contribution is 7.13. The quantitative estimate of drug-likeness (QED) is 0.779. The van der Waals surface area contributed by atoms with Crippen LogP contribution >= 0.6 is 11.3 Å². The number of thiazole rings is 1. The summed E-state index contributed by atoms with van der Waals surface area (Å²) in [5, 5.41) is 17.2. The van der Waals surface area contributed by atoms with Crippen molar-refractivity contribution >= 4 is 28.5 Å². The Bertz CT molecular complexity index is 562.